The molecule has 1 amide bonds. The number of rotatable bonds is 6. The first-order valence-electron chi connectivity index (χ1n) is 7.94. The lowest BCUT2D eigenvalue weighted by molar-refractivity contribution is 0.156. The van der Waals surface area contributed by atoms with Gasteiger partial charge in [-0.1, -0.05) is 45.8 Å². The van der Waals surface area contributed by atoms with Crippen molar-refractivity contribution in [3.63, 3.8) is 0 Å². The largest absolute Gasteiger partial charge is 0.447 e. The second-order valence-electron chi connectivity index (χ2n) is 6.31. The third-order valence-electron chi connectivity index (χ3n) is 4.10. The molecular formula is C18H18BrNO5S. The van der Waals surface area contributed by atoms with E-state index in [9.17, 15) is 13.2 Å². The maximum Gasteiger partial charge on any atom is 0.407 e. The predicted molar refractivity (Wildman–Crippen MR) is 99.4 cm³/mol. The van der Waals surface area contributed by atoms with Crippen molar-refractivity contribution >= 4 is 32.1 Å². The number of ether oxygens (including phenoxy) is 1. The molecule has 0 spiro atoms. The van der Waals surface area contributed by atoms with E-state index in [1.807, 2.05) is 31.2 Å². The van der Waals surface area contributed by atoms with Gasteiger partial charge in [0, 0.05) is 10.9 Å². The van der Waals surface area contributed by atoms with Crippen LogP contribution in [0.15, 0.2) is 57.9 Å². The number of carbonyl (C=O) groups excluding carboxylic acids is 1. The first kappa shape index (κ1) is 18.9. The number of aryl methyl sites for hydroxylation is 1. The van der Waals surface area contributed by atoms with Crippen molar-refractivity contribution in [3.05, 3.63) is 64.1 Å². The van der Waals surface area contributed by atoms with Crippen LogP contribution in [0.1, 0.15) is 11.1 Å². The molecular weight excluding hydrogens is 422 g/mol. The molecule has 0 saturated carbocycles. The van der Waals surface area contributed by atoms with Crippen LogP contribution in [0.25, 0.3) is 0 Å². The first-order valence-corrected chi connectivity index (χ1v) is 10.1. The molecule has 0 aromatic heterocycles. The van der Waals surface area contributed by atoms with Gasteiger partial charge in [-0.25, -0.2) is 4.79 Å². The molecule has 1 N–H and O–H groups in total. The minimum Gasteiger partial charge on any atom is -0.447 e. The second-order valence-corrected chi connectivity index (χ2v) is 8.85. The number of halogens is 1. The monoisotopic (exact) mass is 439 g/mol. The highest BCUT2D eigenvalue weighted by Gasteiger charge is 2.41. The molecule has 1 aliphatic heterocycles. The molecule has 1 atom stereocenters. The van der Waals surface area contributed by atoms with E-state index in [1.54, 1.807) is 12.1 Å². The van der Waals surface area contributed by atoms with E-state index in [4.69, 9.17) is 8.92 Å². The highest BCUT2D eigenvalue weighted by Crippen LogP contribution is 2.23. The summed E-state index contributed by atoms with van der Waals surface area (Å²) in [6, 6.07) is 13.9. The molecule has 0 bridgehead atoms. The van der Waals surface area contributed by atoms with Gasteiger partial charge in [0.25, 0.3) is 10.1 Å². The Morgan fingerprint density at radius 3 is 2.38 bits per heavy atom. The first-order chi connectivity index (χ1) is 12.3. The van der Waals surface area contributed by atoms with Gasteiger partial charge in [0.1, 0.15) is 12.1 Å². The Balaban J connectivity index is 1.77. The molecule has 2 aromatic carbocycles. The maximum absolute atomic E-state index is 12.4. The van der Waals surface area contributed by atoms with Crippen LogP contribution in [0.5, 0.6) is 0 Å². The Labute approximate surface area is 160 Å². The number of amides is 1. The van der Waals surface area contributed by atoms with Gasteiger partial charge < -0.3 is 10.1 Å². The summed E-state index contributed by atoms with van der Waals surface area (Å²) in [5, 5.41) is 2.70. The minimum absolute atomic E-state index is 0.0331. The van der Waals surface area contributed by atoms with Crippen LogP contribution in [0.4, 0.5) is 4.79 Å². The zero-order valence-electron chi connectivity index (χ0n) is 14.1. The van der Waals surface area contributed by atoms with E-state index in [0.717, 1.165) is 15.6 Å². The van der Waals surface area contributed by atoms with Crippen LogP contribution in [-0.4, -0.2) is 33.3 Å². The highest BCUT2D eigenvalue weighted by atomic mass is 79.9. The summed E-state index contributed by atoms with van der Waals surface area (Å²) >= 11 is 3.37. The quantitative estimate of drug-likeness (QED) is 0.698. The Bertz CT molecular complexity index is 896. The van der Waals surface area contributed by atoms with Crippen molar-refractivity contribution < 1.29 is 22.1 Å². The summed E-state index contributed by atoms with van der Waals surface area (Å²) in [6.07, 6.45) is -0.200. The Hall–Kier alpha value is -1.90. The van der Waals surface area contributed by atoms with Crippen molar-refractivity contribution in [2.45, 2.75) is 23.8 Å². The van der Waals surface area contributed by atoms with Crippen LogP contribution in [0.2, 0.25) is 0 Å². The molecule has 0 aliphatic carbocycles. The molecule has 1 aliphatic rings. The topological polar surface area (TPSA) is 81.7 Å². The van der Waals surface area contributed by atoms with Crippen LogP contribution < -0.4 is 5.32 Å². The normalized spacial score (nSPS) is 19.8. The lowest BCUT2D eigenvalue weighted by atomic mass is 9.93. The van der Waals surface area contributed by atoms with Crippen LogP contribution in [0, 0.1) is 6.92 Å². The smallest absolute Gasteiger partial charge is 0.407 e. The van der Waals surface area contributed by atoms with Crippen molar-refractivity contribution in [1.29, 1.82) is 0 Å². The summed E-state index contributed by atoms with van der Waals surface area (Å²) in [5.74, 6) is 0. The van der Waals surface area contributed by atoms with Gasteiger partial charge in [-0.15, -0.1) is 0 Å². The fourth-order valence-electron chi connectivity index (χ4n) is 2.67. The van der Waals surface area contributed by atoms with Gasteiger partial charge in [0.2, 0.25) is 0 Å². The molecule has 1 saturated heterocycles. The second kappa shape index (κ2) is 7.38. The number of benzene rings is 2. The lowest BCUT2D eigenvalue weighted by Crippen LogP contribution is -2.50. The van der Waals surface area contributed by atoms with Gasteiger partial charge in [-0.05, 0) is 36.8 Å². The molecule has 2 aromatic rings. The van der Waals surface area contributed by atoms with Gasteiger partial charge in [0.05, 0.1) is 11.5 Å². The van der Waals surface area contributed by atoms with E-state index >= 15 is 0 Å². The third kappa shape index (κ3) is 4.44. The van der Waals surface area contributed by atoms with Crippen molar-refractivity contribution in [3.8, 4) is 0 Å². The number of hydrogen-bond acceptors (Lipinski definition) is 5. The zero-order valence-corrected chi connectivity index (χ0v) is 16.5. The predicted octanol–water partition coefficient (Wildman–Crippen LogP) is 3.18. The molecule has 138 valence electrons. The summed E-state index contributed by atoms with van der Waals surface area (Å²) in [4.78, 5) is 11.7. The molecule has 1 fully saturated rings. The van der Waals surface area contributed by atoms with Crippen molar-refractivity contribution in [1.82, 2.24) is 5.32 Å². The number of cyclic esters (lactones) is 1. The summed E-state index contributed by atoms with van der Waals surface area (Å²) in [7, 11) is -3.93. The van der Waals surface area contributed by atoms with E-state index in [0.29, 0.717) is 6.42 Å². The average Bonchev–Trinajstić information content (AvgIpc) is 2.97. The van der Waals surface area contributed by atoms with Crippen molar-refractivity contribution in [2.75, 3.05) is 13.2 Å². The van der Waals surface area contributed by atoms with Crippen LogP contribution >= 0.6 is 15.9 Å². The van der Waals surface area contributed by atoms with Crippen LogP contribution in [0.3, 0.4) is 0 Å². The van der Waals surface area contributed by atoms with Gasteiger partial charge in [-0.3, -0.25) is 4.18 Å². The Morgan fingerprint density at radius 1 is 1.15 bits per heavy atom. The maximum atomic E-state index is 12.4. The Morgan fingerprint density at radius 2 is 1.81 bits per heavy atom. The fraction of sp³-hybridized carbons (Fsp3) is 0.278. The molecule has 3 rings (SSSR count). The molecule has 1 heterocycles. The molecule has 0 unspecified atom stereocenters. The lowest BCUT2D eigenvalue weighted by Gasteiger charge is -2.26. The van der Waals surface area contributed by atoms with Gasteiger partial charge >= 0.3 is 6.09 Å². The van der Waals surface area contributed by atoms with Gasteiger partial charge in [0.15, 0.2) is 0 Å². The average molecular weight is 440 g/mol. The Kier molecular flexibility index (Phi) is 5.36. The number of carbonyl (C=O) groups is 1. The molecule has 0 radical (unpaired) electrons. The van der Waals surface area contributed by atoms with Gasteiger partial charge in [-0.2, -0.15) is 8.42 Å². The zero-order chi connectivity index (χ0) is 18.8. The number of nitrogens with one attached hydrogen (secondary N) is 1. The summed E-state index contributed by atoms with van der Waals surface area (Å²) < 4.78 is 36.1. The van der Waals surface area contributed by atoms with E-state index in [1.165, 1.54) is 12.1 Å². The van der Waals surface area contributed by atoms with Crippen molar-refractivity contribution in [2.24, 2.45) is 0 Å². The highest BCUT2D eigenvalue weighted by molar-refractivity contribution is 9.10. The summed E-state index contributed by atoms with van der Waals surface area (Å²) in [6.45, 7) is 1.69. The third-order valence-corrected chi connectivity index (χ3v) is 5.91. The molecule has 8 heteroatoms. The SMILES string of the molecule is Cc1ccc(S(=O)(=O)OC[C@@]2(Cc3ccc(Br)cc3)COC(=O)N2)cc1. The molecule has 6 nitrogen and oxygen atoms in total. The van der Waals surface area contributed by atoms with E-state index < -0.39 is 21.8 Å². The van der Waals surface area contributed by atoms with E-state index in [-0.39, 0.29) is 18.1 Å². The number of alkyl carbamates (subject to hydrolysis) is 1. The van der Waals surface area contributed by atoms with E-state index in [2.05, 4.69) is 21.2 Å². The summed E-state index contributed by atoms with van der Waals surface area (Å²) in [5.41, 5.74) is 0.935. The molecule has 26 heavy (non-hydrogen) atoms. The minimum atomic E-state index is -3.93. The standard InChI is InChI=1S/C18H18BrNO5S/c1-13-2-8-16(9-3-13)26(22,23)25-12-18(11-24-17(21)20-18)10-14-4-6-15(19)7-5-14/h2-9H,10-12H2,1H3,(H,20,21)/t18-/m1/s1. The number of hydrogen-bond donors (Lipinski definition) is 1. The fourth-order valence-corrected chi connectivity index (χ4v) is 3.92. The van der Waals surface area contributed by atoms with Crippen LogP contribution in [-0.2, 0) is 25.5 Å².